The van der Waals surface area contributed by atoms with Gasteiger partial charge in [-0.3, -0.25) is 9.59 Å². The topological polar surface area (TPSA) is 77.1 Å². The number of hydrogen-bond donors (Lipinski definition) is 1. The molecule has 0 spiro atoms. The normalized spacial score (nSPS) is 20.8. The molecule has 130 valence electrons. The first-order valence-electron chi connectivity index (χ1n) is 8.08. The fraction of sp³-hybridized carbons (Fsp3) is 0.529. The molecule has 0 aromatic heterocycles. The molecule has 1 fully saturated rings. The molecule has 0 radical (unpaired) electrons. The Hall–Kier alpha value is -2.28. The number of fused-ring (bicyclic) bond motifs is 1. The molecule has 7 nitrogen and oxygen atoms in total. The van der Waals surface area contributed by atoms with Gasteiger partial charge in [-0.15, -0.1) is 0 Å². The number of amides is 2. The van der Waals surface area contributed by atoms with Crippen molar-refractivity contribution in [3.8, 4) is 11.5 Å². The molecule has 2 aliphatic heterocycles. The van der Waals surface area contributed by atoms with Crippen LogP contribution in [0.5, 0.6) is 11.5 Å². The van der Waals surface area contributed by atoms with Crippen LogP contribution in [-0.4, -0.2) is 51.3 Å². The van der Waals surface area contributed by atoms with Crippen molar-refractivity contribution in [1.29, 1.82) is 0 Å². The summed E-state index contributed by atoms with van der Waals surface area (Å²) in [6, 6.07) is 5.32. The van der Waals surface area contributed by atoms with Crippen LogP contribution in [0.3, 0.4) is 0 Å². The molecule has 2 aliphatic rings. The quantitative estimate of drug-likeness (QED) is 0.868. The fourth-order valence-corrected chi connectivity index (χ4v) is 2.99. The lowest BCUT2D eigenvalue weighted by Crippen LogP contribution is -2.40. The molecule has 3 rings (SSSR count). The third-order valence-electron chi connectivity index (χ3n) is 4.14. The van der Waals surface area contributed by atoms with Crippen LogP contribution in [0.4, 0.5) is 5.69 Å². The highest BCUT2D eigenvalue weighted by atomic mass is 16.6. The molecular formula is C17H22N2O5. The Labute approximate surface area is 140 Å². The summed E-state index contributed by atoms with van der Waals surface area (Å²) in [6.07, 6.45) is 0.208. The van der Waals surface area contributed by atoms with Crippen LogP contribution in [-0.2, 0) is 14.3 Å². The first-order chi connectivity index (χ1) is 11.6. The van der Waals surface area contributed by atoms with E-state index in [1.165, 1.54) is 0 Å². The van der Waals surface area contributed by atoms with Gasteiger partial charge in [-0.2, -0.15) is 0 Å². The van der Waals surface area contributed by atoms with Gasteiger partial charge in [0, 0.05) is 37.9 Å². The summed E-state index contributed by atoms with van der Waals surface area (Å²) < 4.78 is 16.1. The summed E-state index contributed by atoms with van der Waals surface area (Å²) in [6.45, 7) is 3.70. The summed E-state index contributed by atoms with van der Waals surface area (Å²) in [5.41, 5.74) is 0.726. The van der Waals surface area contributed by atoms with Crippen molar-refractivity contribution in [2.24, 2.45) is 5.92 Å². The van der Waals surface area contributed by atoms with E-state index in [2.05, 4.69) is 5.32 Å². The van der Waals surface area contributed by atoms with Crippen molar-refractivity contribution in [3.05, 3.63) is 18.2 Å². The Morgan fingerprint density at radius 2 is 2.12 bits per heavy atom. The van der Waals surface area contributed by atoms with E-state index in [1.54, 1.807) is 24.1 Å². The maximum absolute atomic E-state index is 12.3. The molecule has 0 unspecified atom stereocenters. The van der Waals surface area contributed by atoms with Crippen molar-refractivity contribution in [1.82, 2.24) is 5.32 Å². The van der Waals surface area contributed by atoms with Gasteiger partial charge < -0.3 is 24.4 Å². The van der Waals surface area contributed by atoms with Gasteiger partial charge in [-0.25, -0.2) is 0 Å². The van der Waals surface area contributed by atoms with Crippen LogP contribution in [0, 0.1) is 5.92 Å². The van der Waals surface area contributed by atoms with Crippen LogP contribution in [0.15, 0.2) is 18.2 Å². The van der Waals surface area contributed by atoms with Crippen LogP contribution in [0.25, 0.3) is 0 Å². The van der Waals surface area contributed by atoms with E-state index < -0.39 is 0 Å². The Morgan fingerprint density at radius 3 is 2.88 bits per heavy atom. The number of nitrogens with one attached hydrogen (secondary N) is 1. The van der Waals surface area contributed by atoms with Gasteiger partial charge in [0.15, 0.2) is 11.5 Å². The van der Waals surface area contributed by atoms with E-state index in [0.717, 1.165) is 5.69 Å². The van der Waals surface area contributed by atoms with Gasteiger partial charge in [0.1, 0.15) is 13.2 Å². The number of rotatable bonds is 5. The molecule has 1 N–H and O–H groups in total. The fourth-order valence-electron chi connectivity index (χ4n) is 2.99. The van der Waals surface area contributed by atoms with E-state index in [-0.39, 0.29) is 30.2 Å². The third kappa shape index (κ3) is 3.46. The van der Waals surface area contributed by atoms with Gasteiger partial charge in [0.2, 0.25) is 11.8 Å². The minimum atomic E-state index is -0.356. The zero-order chi connectivity index (χ0) is 17.1. The molecular weight excluding hydrogens is 312 g/mol. The van der Waals surface area contributed by atoms with Crippen molar-refractivity contribution >= 4 is 17.5 Å². The minimum Gasteiger partial charge on any atom is -0.486 e. The lowest BCUT2D eigenvalue weighted by atomic mass is 10.1. The Kier molecular flexibility index (Phi) is 4.89. The van der Waals surface area contributed by atoms with E-state index in [0.29, 0.717) is 37.9 Å². The number of carbonyl (C=O) groups excluding carboxylic acids is 2. The maximum atomic E-state index is 12.3. The first-order valence-corrected chi connectivity index (χ1v) is 8.08. The SMILES string of the molecule is COC[C@H](C)NC(=O)[C@@H]1CC(=O)N(c2ccc3c(c2)OCCO3)C1. The van der Waals surface area contributed by atoms with Gasteiger partial charge >= 0.3 is 0 Å². The largest absolute Gasteiger partial charge is 0.486 e. The first kappa shape index (κ1) is 16.6. The van der Waals surface area contributed by atoms with Crippen LogP contribution < -0.4 is 19.7 Å². The number of ether oxygens (including phenoxy) is 3. The van der Waals surface area contributed by atoms with Gasteiger partial charge in [-0.05, 0) is 19.1 Å². The van der Waals surface area contributed by atoms with E-state index in [9.17, 15) is 9.59 Å². The number of benzene rings is 1. The van der Waals surface area contributed by atoms with Crippen molar-refractivity contribution in [2.45, 2.75) is 19.4 Å². The maximum Gasteiger partial charge on any atom is 0.227 e. The number of hydrogen-bond acceptors (Lipinski definition) is 5. The average Bonchev–Trinajstić information content (AvgIpc) is 2.96. The second-order valence-electron chi connectivity index (χ2n) is 6.10. The molecule has 1 aromatic carbocycles. The summed E-state index contributed by atoms with van der Waals surface area (Å²) >= 11 is 0. The molecule has 0 saturated carbocycles. The van der Waals surface area contributed by atoms with E-state index in [1.807, 2.05) is 13.0 Å². The van der Waals surface area contributed by atoms with Crippen molar-refractivity contribution < 1.29 is 23.8 Å². The lowest BCUT2D eigenvalue weighted by molar-refractivity contribution is -0.127. The number of nitrogens with zero attached hydrogens (tertiary/aromatic N) is 1. The summed E-state index contributed by atoms with van der Waals surface area (Å²) in [4.78, 5) is 26.2. The third-order valence-corrected chi connectivity index (χ3v) is 4.14. The monoisotopic (exact) mass is 334 g/mol. The highest BCUT2D eigenvalue weighted by Gasteiger charge is 2.35. The van der Waals surface area contributed by atoms with Crippen LogP contribution in [0.1, 0.15) is 13.3 Å². The standard InChI is InChI=1S/C17H22N2O5/c1-11(10-22-2)18-17(21)12-7-16(20)19(9-12)13-3-4-14-15(8-13)24-6-5-23-14/h3-4,8,11-12H,5-7,9-10H2,1-2H3,(H,18,21)/t11-,12+/m0/s1. The lowest BCUT2D eigenvalue weighted by Gasteiger charge is -2.22. The molecule has 2 heterocycles. The molecule has 1 aromatic rings. The molecule has 24 heavy (non-hydrogen) atoms. The summed E-state index contributed by atoms with van der Waals surface area (Å²) in [5.74, 6) is 0.775. The van der Waals surface area contributed by atoms with E-state index >= 15 is 0 Å². The van der Waals surface area contributed by atoms with Crippen LogP contribution >= 0.6 is 0 Å². The molecule has 2 amide bonds. The highest BCUT2D eigenvalue weighted by molar-refractivity contribution is 6.00. The van der Waals surface area contributed by atoms with E-state index in [4.69, 9.17) is 14.2 Å². The van der Waals surface area contributed by atoms with Gasteiger partial charge in [-0.1, -0.05) is 0 Å². The van der Waals surface area contributed by atoms with Crippen molar-refractivity contribution in [3.63, 3.8) is 0 Å². The van der Waals surface area contributed by atoms with Gasteiger partial charge in [0.25, 0.3) is 0 Å². The zero-order valence-electron chi connectivity index (χ0n) is 13.9. The van der Waals surface area contributed by atoms with Gasteiger partial charge in [0.05, 0.1) is 12.5 Å². The number of methoxy groups -OCH3 is 1. The Balaban J connectivity index is 1.67. The molecule has 1 saturated heterocycles. The second kappa shape index (κ2) is 7.09. The zero-order valence-corrected chi connectivity index (χ0v) is 13.9. The van der Waals surface area contributed by atoms with Crippen LogP contribution in [0.2, 0.25) is 0 Å². The summed E-state index contributed by atoms with van der Waals surface area (Å²) in [7, 11) is 1.59. The number of carbonyl (C=O) groups is 2. The predicted octanol–water partition coefficient (Wildman–Crippen LogP) is 0.962. The smallest absolute Gasteiger partial charge is 0.227 e. The summed E-state index contributed by atoms with van der Waals surface area (Å²) in [5, 5.41) is 2.88. The highest BCUT2D eigenvalue weighted by Crippen LogP contribution is 2.35. The Morgan fingerprint density at radius 1 is 1.38 bits per heavy atom. The number of anilines is 1. The molecule has 7 heteroatoms. The molecule has 2 atom stereocenters. The predicted molar refractivity (Wildman–Crippen MR) is 87.4 cm³/mol. The molecule has 0 bridgehead atoms. The average molecular weight is 334 g/mol. The Bertz CT molecular complexity index is 633. The van der Waals surface area contributed by atoms with Crippen molar-refractivity contribution in [2.75, 3.05) is 38.4 Å². The molecule has 0 aliphatic carbocycles. The minimum absolute atomic E-state index is 0.0637. The second-order valence-corrected chi connectivity index (χ2v) is 6.10.